The lowest BCUT2D eigenvalue weighted by molar-refractivity contribution is -0.137. The summed E-state index contributed by atoms with van der Waals surface area (Å²) in [5, 5.41) is 2.18. The number of carbonyl (C=O) groups is 1. The summed E-state index contributed by atoms with van der Waals surface area (Å²) in [5.41, 5.74) is -0.797. The highest BCUT2D eigenvalue weighted by atomic mass is 79.9. The number of ketones is 1. The smallest absolute Gasteiger partial charge is 0.292 e. The van der Waals surface area contributed by atoms with Crippen molar-refractivity contribution in [1.82, 2.24) is 4.98 Å². The molecule has 20 heavy (non-hydrogen) atoms. The molecule has 2 nitrogen and oxygen atoms in total. The normalized spacial score (nSPS) is 11.6. The molecule has 0 amide bonds. The van der Waals surface area contributed by atoms with Crippen molar-refractivity contribution in [2.45, 2.75) is 11.2 Å². The zero-order valence-corrected chi connectivity index (χ0v) is 13.0. The van der Waals surface area contributed by atoms with E-state index in [4.69, 9.17) is 0 Å². The van der Waals surface area contributed by atoms with Crippen LogP contribution in [0.1, 0.15) is 15.2 Å². The van der Waals surface area contributed by atoms with E-state index in [1.807, 2.05) is 0 Å². The molecule has 2 aromatic heterocycles. The molecule has 0 bridgehead atoms. The third kappa shape index (κ3) is 3.83. The number of alkyl halides is 3. The van der Waals surface area contributed by atoms with Gasteiger partial charge in [-0.15, -0.1) is 11.3 Å². The van der Waals surface area contributed by atoms with Gasteiger partial charge in [0, 0.05) is 10.7 Å². The molecule has 0 radical (unpaired) electrons. The molecule has 0 atom stereocenters. The maximum absolute atomic E-state index is 12.4. The molecular weight excluding hydrogens is 375 g/mol. The Balaban J connectivity index is 1.98. The van der Waals surface area contributed by atoms with Crippen LogP contribution in [0.5, 0.6) is 0 Å². The first-order valence-electron chi connectivity index (χ1n) is 5.30. The van der Waals surface area contributed by atoms with Gasteiger partial charge in [0.1, 0.15) is 0 Å². The molecule has 106 valence electrons. The number of carbonyl (C=O) groups excluding carboxylic acids is 1. The van der Waals surface area contributed by atoms with E-state index in [1.54, 1.807) is 11.4 Å². The SMILES string of the molecule is O=C(CSc1ccc(C(F)(F)F)cn1)c1sccc1Br. The highest BCUT2D eigenvalue weighted by Crippen LogP contribution is 2.30. The van der Waals surface area contributed by atoms with Gasteiger partial charge in [-0.2, -0.15) is 13.2 Å². The van der Waals surface area contributed by atoms with Gasteiger partial charge in [-0.25, -0.2) is 4.98 Å². The number of thioether (sulfide) groups is 1. The number of nitrogens with zero attached hydrogens (tertiary/aromatic N) is 1. The maximum Gasteiger partial charge on any atom is 0.417 e. The van der Waals surface area contributed by atoms with Crippen LogP contribution >= 0.6 is 39.0 Å². The van der Waals surface area contributed by atoms with Gasteiger partial charge >= 0.3 is 6.18 Å². The second-order valence-corrected chi connectivity index (χ2v) is 6.46. The summed E-state index contributed by atoms with van der Waals surface area (Å²) in [4.78, 5) is 16.2. The molecule has 2 rings (SSSR count). The lowest BCUT2D eigenvalue weighted by atomic mass is 10.3. The summed E-state index contributed by atoms with van der Waals surface area (Å²) in [6.07, 6.45) is -3.62. The van der Waals surface area contributed by atoms with E-state index in [0.717, 1.165) is 28.5 Å². The largest absolute Gasteiger partial charge is 0.417 e. The first-order valence-corrected chi connectivity index (χ1v) is 7.96. The van der Waals surface area contributed by atoms with Gasteiger partial charge in [0.05, 0.1) is 21.2 Å². The lowest BCUT2D eigenvalue weighted by Gasteiger charge is -2.06. The van der Waals surface area contributed by atoms with Crippen LogP contribution in [0.3, 0.4) is 0 Å². The van der Waals surface area contributed by atoms with Gasteiger partial charge in [-0.3, -0.25) is 4.79 Å². The Hall–Kier alpha value is -0.860. The molecule has 0 N–H and O–H groups in total. The van der Waals surface area contributed by atoms with Crippen molar-refractivity contribution in [1.29, 1.82) is 0 Å². The van der Waals surface area contributed by atoms with E-state index in [2.05, 4.69) is 20.9 Å². The highest BCUT2D eigenvalue weighted by Gasteiger charge is 2.30. The topological polar surface area (TPSA) is 30.0 Å². The summed E-state index contributed by atoms with van der Waals surface area (Å²) < 4.78 is 37.8. The quantitative estimate of drug-likeness (QED) is 0.557. The number of rotatable bonds is 4. The fourth-order valence-electron chi connectivity index (χ4n) is 1.33. The van der Waals surface area contributed by atoms with Gasteiger partial charge in [-0.05, 0) is 39.5 Å². The highest BCUT2D eigenvalue weighted by molar-refractivity contribution is 9.10. The molecule has 0 aliphatic heterocycles. The molecule has 0 aromatic carbocycles. The number of pyridine rings is 1. The van der Waals surface area contributed by atoms with Crippen molar-refractivity contribution >= 4 is 44.8 Å². The van der Waals surface area contributed by atoms with E-state index >= 15 is 0 Å². The molecule has 0 fully saturated rings. The van der Waals surface area contributed by atoms with Gasteiger partial charge < -0.3 is 0 Å². The summed E-state index contributed by atoms with van der Waals surface area (Å²) >= 11 is 5.70. The third-order valence-electron chi connectivity index (χ3n) is 2.29. The van der Waals surface area contributed by atoms with Gasteiger partial charge in [-0.1, -0.05) is 11.8 Å². The molecule has 0 aliphatic carbocycles. The van der Waals surface area contributed by atoms with Crippen molar-refractivity contribution in [3.8, 4) is 0 Å². The van der Waals surface area contributed by atoms with E-state index in [-0.39, 0.29) is 11.5 Å². The van der Waals surface area contributed by atoms with Crippen LogP contribution < -0.4 is 0 Å². The standard InChI is InChI=1S/C12H7BrF3NOS2/c13-8-3-4-19-11(8)9(18)6-20-10-2-1-7(5-17-10)12(14,15)16/h1-5H,6H2. The Kier molecular flexibility index (Phi) is 4.87. The monoisotopic (exact) mass is 381 g/mol. The van der Waals surface area contributed by atoms with Crippen LogP contribution in [-0.2, 0) is 6.18 Å². The minimum absolute atomic E-state index is 0.0847. The van der Waals surface area contributed by atoms with Crippen molar-refractivity contribution in [3.63, 3.8) is 0 Å². The fraction of sp³-hybridized carbons (Fsp3) is 0.167. The van der Waals surface area contributed by atoms with E-state index in [1.165, 1.54) is 17.4 Å². The molecule has 0 saturated carbocycles. The predicted molar refractivity (Wildman–Crippen MR) is 76.3 cm³/mol. The molecule has 2 aromatic rings. The average molecular weight is 382 g/mol. The first-order chi connectivity index (χ1) is 9.38. The molecular formula is C12H7BrF3NOS2. The summed E-state index contributed by atoms with van der Waals surface area (Å²) in [6, 6.07) is 4.00. The zero-order valence-electron chi connectivity index (χ0n) is 9.78. The van der Waals surface area contributed by atoms with Crippen LogP contribution in [0.2, 0.25) is 0 Å². The number of hydrogen-bond acceptors (Lipinski definition) is 4. The Morgan fingerprint density at radius 1 is 1.35 bits per heavy atom. The van der Waals surface area contributed by atoms with Crippen LogP contribution in [-0.4, -0.2) is 16.5 Å². The van der Waals surface area contributed by atoms with E-state index < -0.39 is 11.7 Å². The number of aromatic nitrogens is 1. The molecule has 0 spiro atoms. The second-order valence-electron chi connectivity index (χ2n) is 3.69. The van der Waals surface area contributed by atoms with Crippen LogP contribution in [0, 0.1) is 0 Å². The summed E-state index contributed by atoms with van der Waals surface area (Å²) in [6.45, 7) is 0. The third-order valence-corrected chi connectivity index (χ3v) is 5.11. The number of hydrogen-bond donors (Lipinski definition) is 0. The Bertz CT molecular complexity index is 610. The van der Waals surface area contributed by atoms with Crippen molar-refractivity contribution in [2.75, 3.05) is 5.75 Å². The second kappa shape index (κ2) is 6.28. The van der Waals surface area contributed by atoms with Gasteiger partial charge in [0.15, 0.2) is 5.78 Å². The minimum atomic E-state index is -4.39. The van der Waals surface area contributed by atoms with Crippen molar-refractivity contribution < 1.29 is 18.0 Å². The predicted octanol–water partition coefficient (Wildman–Crippen LogP) is 4.90. The Labute approximate surface area is 129 Å². The molecule has 0 aliphatic rings. The number of halogens is 4. The van der Waals surface area contributed by atoms with Crippen LogP contribution in [0.25, 0.3) is 0 Å². The van der Waals surface area contributed by atoms with Crippen LogP contribution in [0.15, 0.2) is 39.3 Å². The average Bonchev–Trinajstić information content (AvgIpc) is 2.82. The lowest BCUT2D eigenvalue weighted by Crippen LogP contribution is -2.05. The Morgan fingerprint density at radius 2 is 2.10 bits per heavy atom. The van der Waals surface area contributed by atoms with Crippen molar-refractivity contribution in [3.05, 3.63) is 44.7 Å². The van der Waals surface area contributed by atoms with Gasteiger partial charge in [0.2, 0.25) is 0 Å². The number of Topliss-reactive ketones (excluding diaryl/α,β-unsaturated/α-hetero) is 1. The Morgan fingerprint density at radius 3 is 2.60 bits per heavy atom. The van der Waals surface area contributed by atoms with Gasteiger partial charge in [0.25, 0.3) is 0 Å². The summed E-state index contributed by atoms with van der Waals surface area (Å²) in [5.74, 6) is 0.0517. The number of thiophene rings is 1. The van der Waals surface area contributed by atoms with Crippen LogP contribution in [0.4, 0.5) is 13.2 Å². The minimum Gasteiger partial charge on any atom is -0.292 e. The van der Waals surface area contributed by atoms with E-state index in [0.29, 0.717) is 9.90 Å². The maximum atomic E-state index is 12.4. The molecule has 0 saturated heterocycles. The summed E-state index contributed by atoms with van der Waals surface area (Å²) in [7, 11) is 0. The fourth-order valence-corrected chi connectivity index (χ4v) is 3.67. The van der Waals surface area contributed by atoms with Crippen molar-refractivity contribution in [2.24, 2.45) is 0 Å². The van der Waals surface area contributed by atoms with E-state index in [9.17, 15) is 18.0 Å². The zero-order chi connectivity index (χ0) is 14.8. The molecule has 0 unspecified atom stereocenters. The first kappa shape index (κ1) is 15.5. The molecule has 8 heteroatoms. The molecule has 2 heterocycles.